The molecule has 0 unspecified atom stereocenters. The van der Waals surface area contributed by atoms with Crippen molar-refractivity contribution in [3.05, 3.63) is 0 Å². The standard InChI is InChI=1S/16H2O/h16*1H2/p+1. The summed E-state index contributed by atoms with van der Waals surface area (Å²) in [5.41, 5.74) is 0. The Morgan fingerprint density at radius 1 is 0.125 bits per heavy atom. The zero-order valence-corrected chi connectivity index (χ0v) is 8.08. The molecule has 0 aromatic carbocycles. The van der Waals surface area contributed by atoms with E-state index in [1.807, 2.05) is 0 Å². The van der Waals surface area contributed by atoms with Crippen molar-refractivity contribution in [3.8, 4) is 0 Å². The van der Waals surface area contributed by atoms with Gasteiger partial charge in [-0.3, -0.25) is 0 Å². The van der Waals surface area contributed by atoms with Crippen LogP contribution in [0.15, 0.2) is 0 Å². The molecule has 0 aliphatic rings. The summed E-state index contributed by atoms with van der Waals surface area (Å²) in [4.78, 5) is 0. The maximum Gasteiger partial charge on any atom is -0.412 e. The molecule has 0 aliphatic heterocycles. The van der Waals surface area contributed by atoms with E-state index in [2.05, 4.69) is 0 Å². The minimum Gasteiger partial charge on any atom is -0.457 e. The predicted octanol–water partition coefficient (Wildman–Crippen LogP) is -13.3. The summed E-state index contributed by atoms with van der Waals surface area (Å²) in [6, 6.07) is 0. The third kappa shape index (κ3) is 4980. The molecular formula is H33O16+. The van der Waals surface area contributed by atoms with Gasteiger partial charge in [-0.2, -0.15) is 0 Å². The highest BCUT2D eigenvalue weighted by Gasteiger charge is -0.397. The average molecular weight is 289 g/mol. The molecule has 16 heteroatoms. The highest BCUT2D eigenvalue weighted by molar-refractivity contribution is 0.838. The van der Waals surface area contributed by atoms with Crippen LogP contribution in [0.4, 0.5) is 0 Å². The van der Waals surface area contributed by atoms with Crippen molar-refractivity contribution in [2.75, 3.05) is 0 Å². The summed E-state index contributed by atoms with van der Waals surface area (Å²) in [6.45, 7) is 0. The molecule has 0 rings (SSSR count). The van der Waals surface area contributed by atoms with Gasteiger partial charge in [0.25, 0.3) is 0 Å². The highest BCUT2D eigenvalue weighted by Crippen LogP contribution is -0.119. The van der Waals surface area contributed by atoms with Crippen LogP contribution in [-0.2, 0) is 5.48 Å². The van der Waals surface area contributed by atoms with Crippen LogP contribution in [0.1, 0.15) is 0 Å². The number of hydrogen-bond donors (Lipinski definition) is 0. The normalized spacial score (nSPS) is 0. The summed E-state index contributed by atoms with van der Waals surface area (Å²) in [7, 11) is 0. The van der Waals surface area contributed by atoms with E-state index >= 15 is 0 Å². The molecule has 0 aromatic rings. The molecule has 16 heavy (non-hydrogen) atoms. The number of rotatable bonds is 0. The molecule has 0 saturated carbocycles. The lowest BCUT2D eigenvalue weighted by Crippen LogP contribution is -0.290. The van der Waals surface area contributed by atoms with E-state index in [0.29, 0.717) is 0 Å². The lowest BCUT2D eigenvalue weighted by Gasteiger charge is -0.457. The Hall–Kier alpha value is -0.640. The van der Waals surface area contributed by atoms with Gasteiger partial charge in [0.2, 0.25) is 0 Å². The van der Waals surface area contributed by atoms with Crippen molar-refractivity contribution in [3.63, 3.8) is 0 Å². The minimum absolute atomic E-state index is 0. The van der Waals surface area contributed by atoms with E-state index in [1.165, 1.54) is 0 Å². The van der Waals surface area contributed by atoms with Gasteiger partial charge >= 0.3 is 0 Å². The highest BCUT2D eigenvalue weighted by atomic mass is 16.0. The molecule has 0 aromatic heterocycles. The van der Waals surface area contributed by atoms with Gasteiger partial charge in [0.1, 0.15) is 0 Å². The van der Waals surface area contributed by atoms with Gasteiger partial charge < -0.3 is 87.6 Å². The van der Waals surface area contributed by atoms with Gasteiger partial charge in [0.05, 0.1) is 0 Å². The Balaban J connectivity index is 0. The fourth-order valence-corrected chi connectivity index (χ4v) is 0. The van der Waals surface area contributed by atoms with Crippen LogP contribution < -0.4 is 0 Å². The lowest BCUT2D eigenvalue weighted by atomic mass is 16.0. The van der Waals surface area contributed by atoms with E-state index in [9.17, 15) is 0 Å². The van der Waals surface area contributed by atoms with Gasteiger partial charge in [-0.1, -0.05) is 0 Å². The molecule has 16 nitrogen and oxygen atoms in total. The zero-order valence-electron chi connectivity index (χ0n) is 8.08. The zero-order chi connectivity index (χ0) is 0. The van der Waals surface area contributed by atoms with Crippen molar-refractivity contribution in [1.29, 1.82) is 0 Å². The smallest absolute Gasteiger partial charge is 0.412 e. The topological polar surface area (TPSA) is 506 Å². The second-order valence-electron chi connectivity index (χ2n) is 0. The van der Waals surface area contributed by atoms with Crippen LogP contribution in [0, 0.1) is 0 Å². The van der Waals surface area contributed by atoms with E-state index in [-0.39, 0.29) is 87.6 Å². The molecule has 128 valence electrons. The van der Waals surface area contributed by atoms with E-state index < -0.39 is 0 Å². The van der Waals surface area contributed by atoms with Crippen LogP contribution in [0.5, 0.6) is 0 Å². The molecule has 0 aliphatic carbocycles. The van der Waals surface area contributed by atoms with Crippen molar-refractivity contribution in [1.82, 2.24) is 0 Å². The maximum atomic E-state index is 0. The van der Waals surface area contributed by atoms with Gasteiger partial charge in [-0.05, 0) is 0 Å². The summed E-state index contributed by atoms with van der Waals surface area (Å²) < 4.78 is 0. The van der Waals surface area contributed by atoms with E-state index in [0.717, 1.165) is 0 Å². The Labute approximate surface area is 89.1 Å². The molecule has 0 fully saturated rings. The van der Waals surface area contributed by atoms with Gasteiger partial charge in [0.15, 0.2) is 0 Å². The predicted molar refractivity (Wildman–Crippen MR) is 59.1 cm³/mol. The first-order valence-electron chi connectivity index (χ1n) is 0. The van der Waals surface area contributed by atoms with Gasteiger partial charge in [0, 0.05) is 0 Å². The largest absolute Gasteiger partial charge is 0.457 e. The van der Waals surface area contributed by atoms with Crippen molar-refractivity contribution in [2.24, 2.45) is 0 Å². The van der Waals surface area contributed by atoms with E-state index in [4.69, 9.17) is 0 Å². The summed E-state index contributed by atoms with van der Waals surface area (Å²) in [6.07, 6.45) is 0. The Morgan fingerprint density at radius 2 is 0.125 bits per heavy atom. The van der Waals surface area contributed by atoms with Crippen LogP contribution in [0.25, 0.3) is 0 Å². The average Bonchev–Trinajstić information content (AvgIpc) is 0. The van der Waals surface area contributed by atoms with Crippen LogP contribution in [-0.4, -0.2) is 82.1 Å². The summed E-state index contributed by atoms with van der Waals surface area (Å²) in [5, 5.41) is 0. The lowest BCUT2D eigenvalue weighted by molar-refractivity contribution is 0.686. The van der Waals surface area contributed by atoms with Gasteiger partial charge in [-0.25, -0.2) is 0 Å². The minimum atomic E-state index is 0. The van der Waals surface area contributed by atoms with Crippen LogP contribution in [0.3, 0.4) is 0 Å². The first-order chi connectivity index (χ1) is 0. The first-order valence-corrected chi connectivity index (χ1v) is 0. The first kappa shape index (κ1) is 7730. The summed E-state index contributed by atoms with van der Waals surface area (Å²) >= 11 is 0. The van der Waals surface area contributed by atoms with Crippen molar-refractivity contribution < 1.29 is 87.6 Å². The van der Waals surface area contributed by atoms with Crippen molar-refractivity contribution in [2.45, 2.75) is 0 Å². The fourth-order valence-electron chi connectivity index (χ4n) is 0. The maximum absolute atomic E-state index is 0. The van der Waals surface area contributed by atoms with Crippen LogP contribution in [0.2, 0.25) is 0 Å². The van der Waals surface area contributed by atoms with Crippen molar-refractivity contribution >= 4 is 0 Å². The molecule has 0 radical (unpaired) electrons. The monoisotopic (exact) mass is 289 g/mol. The molecule has 0 spiro atoms. The Morgan fingerprint density at radius 3 is 0.125 bits per heavy atom. The third-order valence-electron chi connectivity index (χ3n) is 0. The molecule has 0 heterocycles. The number of hydrogen-bond acceptors (Lipinski definition) is 0. The SMILES string of the molecule is O.O.O.O.O.O.O.O.O.O.O.O.O.O.O.[OH3+]. The molecule has 0 atom stereocenters. The van der Waals surface area contributed by atoms with E-state index in [1.54, 1.807) is 0 Å². The van der Waals surface area contributed by atoms with Gasteiger partial charge in [-0.15, -0.1) is 0 Å². The second-order valence-corrected chi connectivity index (χ2v) is 0. The molecule has 33 N–H and O–H groups in total. The second kappa shape index (κ2) is 6260. The Kier molecular flexibility index (Phi) is 3020000. The quantitative estimate of drug-likeness (QED) is 0.374. The third-order valence-corrected chi connectivity index (χ3v) is 0. The molecule has 0 saturated heterocycles. The molecule has 0 amide bonds. The van der Waals surface area contributed by atoms with Crippen LogP contribution >= 0.6 is 0 Å². The molecule has 0 bridgehead atoms. The molecular weight excluding hydrogens is 256 g/mol. The fraction of sp³-hybridized carbons (Fsp3) is 0. The summed E-state index contributed by atoms with van der Waals surface area (Å²) in [5.74, 6) is 0. The Bertz CT molecular complexity index is 0.